The van der Waals surface area contributed by atoms with Crippen molar-refractivity contribution in [3.8, 4) is 11.1 Å². The number of carbonyl (C=O) groups is 1. The first-order valence-corrected chi connectivity index (χ1v) is 14.0. The van der Waals surface area contributed by atoms with E-state index in [4.69, 9.17) is 4.98 Å². The smallest absolute Gasteiger partial charge is 0.264 e. The zero-order chi connectivity index (χ0) is 23.3. The summed E-state index contributed by atoms with van der Waals surface area (Å²) in [6.45, 7) is 1.32. The fourth-order valence-corrected chi connectivity index (χ4v) is 7.07. The Morgan fingerprint density at radius 3 is 2.56 bits per heavy atom. The minimum Gasteiger partial charge on any atom is -0.334 e. The van der Waals surface area contributed by atoms with Crippen LogP contribution in [0.4, 0.5) is 0 Å². The number of fused-ring (bicyclic) bond motifs is 1. The highest BCUT2D eigenvalue weighted by Gasteiger charge is 2.36. The first-order valence-electron chi connectivity index (χ1n) is 11.6. The van der Waals surface area contributed by atoms with Crippen LogP contribution in [0.3, 0.4) is 0 Å². The van der Waals surface area contributed by atoms with Crippen molar-refractivity contribution in [2.45, 2.75) is 35.8 Å². The largest absolute Gasteiger partial charge is 0.334 e. The van der Waals surface area contributed by atoms with Gasteiger partial charge in [-0.1, -0.05) is 30.4 Å². The average Bonchev–Trinajstić information content (AvgIpc) is 3.44. The molecule has 0 N–H and O–H groups in total. The molecule has 1 amide bonds. The van der Waals surface area contributed by atoms with Gasteiger partial charge in [-0.2, -0.15) is 0 Å². The van der Waals surface area contributed by atoms with E-state index in [0.29, 0.717) is 18.0 Å². The van der Waals surface area contributed by atoms with Crippen LogP contribution in [-0.4, -0.2) is 42.5 Å². The summed E-state index contributed by atoms with van der Waals surface area (Å²) in [6, 6.07) is 13.1. The number of amides is 1. The molecular formula is C27H24N2O3S2. The monoisotopic (exact) mass is 488 g/mol. The minimum absolute atomic E-state index is 0.0993. The van der Waals surface area contributed by atoms with Crippen LogP contribution in [0, 0.1) is 0 Å². The maximum Gasteiger partial charge on any atom is 0.264 e. The molecule has 0 atom stereocenters. The molecule has 0 spiro atoms. The number of nitrogens with zero attached hydrogens (tertiary/aromatic N) is 2. The molecule has 3 aromatic rings. The van der Waals surface area contributed by atoms with E-state index in [1.54, 1.807) is 12.1 Å². The molecular weight excluding hydrogens is 464 g/mol. The molecule has 5 nitrogen and oxygen atoms in total. The van der Waals surface area contributed by atoms with E-state index in [0.717, 1.165) is 52.9 Å². The SMILES string of the molecule is O=C(c1cccs1)N1CC=C(C2=CCc3ncc(-c4ccc(S(=O)(=O)C5CC5)cc4)cc32)CC1. The second-order valence-electron chi connectivity index (χ2n) is 9.02. The fourth-order valence-electron chi connectivity index (χ4n) is 4.72. The first-order chi connectivity index (χ1) is 16.5. The molecule has 0 bridgehead atoms. The zero-order valence-corrected chi connectivity index (χ0v) is 20.2. The lowest BCUT2D eigenvalue weighted by atomic mass is 9.94. The number of hydrogen-bond donors (Lipinski definition) is 0. The van der Waals surface area contributed by atoms with Gasteiger partial charge in [-0.25, -0.2) is 8.42 Å². The third kappa shape index (κ3) is 3.83. The van der Waals surface area contributed by atoms with Crippen LogP contribution >= 0.6 is 11.3 Å². The van der Waals surface area contributed by atoms with Crippen molar-refractivity contribution in [3.05, 3.63) is 87.9 Å². The average molecular weight is 489 g/mol. The number of hydrogen-bond acceptors (Lipinski definition) is 5. The summed E-state index contributed by atoms with van der Waals surface area (Å²) in [7, 11) is -3.18. The Morgan fingerprint density at radius 1 is 1.06 bits per heavy atom. The Balaban J connectivity index is 1.22. The van der Waals surface area contributed by atoms with Gasteiger partial charge in [0.2, 0.25) is 0 Å². The summed E-state index contributed by atoms with van der Waals surface area (Å²) < 4.78 is 25.0. The van der Waals surface area contributed by atoms with Gasteiger partial charge in [0.15, 0.2) is 9.84 Å². The quantitative estimate of drug-likeness (QED) is 0.498. The predicted octanol–water partition coefficient (Wildman–Crippen LogP) is 5.16. The molecule has 0 unspecified atom stereocenters. The topological polar surface area (TPSA) is 67.3 Å². The molecule has 1 saturated carbocycles. The predicted molar refractivity (Wildman–Crippen MR) is 134 cm³/mol. The lowest BCUT2D eigenvalue weighted by Gasteiger charge is -2.27. The molecule has 1 fully saturated rings. The van der Waals surface area contributed by atoms with Gasteiger partial charge < -0.3 is 4.90 Å². The Morgan fingerprint density at radius 2 is 1.88 bits per heavy atom. The van der Waals surface area contributed by atoms with Gasteiger partial charge in [0.1, 0.15) is 0 Å². The standard InChI is InChI=1S/C27H24N2O3S2/c30-27(26-2-1-15-33-26)29-13-11-19(12-14-29)23-9-10-25-24(23)16-20(17-28-25)18-3-5-21(6-4-18)34(31,32)22-7-8-22/h1-6,9,11,15-17,22H,7-8,10,12-14H2. The fraction of sp³-hybridized carbons (Fsp3) is 0.259. The van der Waals surface area contributed by atoms with Crippen LogP contribution in [0.2, 0.25) is 0 Å². The van der Waals surface area contributed by atoms with Crippen LogP contribution in [0.5, 0.6) is 0 Å². The molecule has 2 aromatic heterocycles. The van der Waals surface area contributed by atoms with Gasteiger partial charge in [0.05, 0.1) is 20.7 Å². The number of pyridine rings is 1. The summed E-state index contributed by atoms with van der Waals surface area (Å²) in [4.78, 5) is 20.5. The summed E-state index contributed by atoms with van der Waals surface area (Å²) >= 11 is 1.48. The molecule has 7 heteroatoms. The molecule has 3 heterocycles. The van der Waals surface area contributed by atoms with Crippen LogP contribution in [0.1, 0.15) is 40.2 Å². The van der Waals surface area contributed by atoms with Gasteiger partial charge in [0.25, 0.3) is 5.91 Å². The summed E-state index contributed by atoms with van der Waals surface area (Å²) in [6.07, 6.45) is 9.43. The maximum absolute atomic E-state index is 12.7. The summed E-state index contributed by atoms with van der Waals surface area (Å²) in [5.41, 5.74) is 6.61. The van der Waals surface area contributed by atoms with Gasteiger partial charge in [0, 0.05) is 36.8 Å². The number of thiophene rings is 1. The van der Waals surface area contributed by atoms with Crippen molar-refractivity contribution in [1.82, 2.24) is 9.88 Å². The zero-order valence-electron chi connectivity index (χ0n) is 18.6. The Labute approximate surface area is 203 Å². The first kappa shape index (κ1) is 21.5. The molecule has 0 saturated heterocycles. The van der Waals surface area contributed by atoms with Crippen molar-refractivity contribution >= 4 is 32.7 Å². The highest BCUT2D eigenvalue weighted by atomic mass is 32.2. The third-order valence-electron chi connectivity index (χ3n) is 6.81. The molecule has 1 aliphatic heterocycles. The number of carbonyl (C=O) groups excluding carboxylic acids is 1. The molecule has 3 aliphatic rings. The minimum atomic E-state index is -3.18. The van der Waals surface area contributed by atoms with Crippen LogP contribution in [-0.2, 0) is 16.3 Å². The van der Waals surface area contributed by atoms with Crippen molar-refractivity contribution in [3.63, 3.8) is 0 Å². The molecule has 172 valence electrons. The molecule has 2 aliphatic carbocycles. The van der Waals surface area contributed by atoms with E-state index in [2.05, 4.69) is 18.2 Å². The second-order valence-corrected chi connectivity index (χ2v) is 12.2. The van der Waals surface area contributed by atoms with Gasteiger partial charge in [-0.05, 0) is 65.6 Å². The third-order valence-corrected chi connectivity index (χ3v) is 9.95. The van der Waals surface area contributed by atoms with Gasteiger partial charge in [-0.3, -0.25) is 9.78 Å². The molecule has 34 heavy (non-hydrogen) atoms. The van der Waals surface area contributed by atoms with Gasteiger partial charge in [-0.15, -0.1) is 11.3 Å². The number of allylic oxidation sites excluding steroid dienone is 2. The lowest BCUT2D eigenvalue weighted by molar-refractivity contribution is 0.0774. The van der Waals surface area contributed by atoms with Crippen LogP contribution < -0.4 is 0 Å². The normalized spacial score (nSPS) is 17.8. The van der Waals surface area contributed by atoms with Crippen molar-refractivity contribution in [2.75, 3.05) is 13.1 Å². The summed E-state index contributed by atoms with van der Waals surface area (Å²) in [5.74, 6) is 0.0993. The van der Waals surface area contributed by atoms with Crippen molar-refractivity contribution in [1.29, 1.82) is 0 Å². The van der Waals surface area contributed by atoms with E-state index in [9.17, 15) is 13.2 Å². The molecule has 6 rings (SSSR count). The number of sulfone groups is 1. The van der Waals surface area contributed by atoms with E-state index < -0.39 is 9.84 Å². The Bertz CT molecular complexity index is 1430. The number of benzene rings is 1. The van der Waals surface area contributed by atoms with Crippen molar-refractivity contribution < 1.29 is 13.2 Å². The van der Waals surface area contributed by atoms with E-state index >= 15 is 0 Å². The van der Waals surface area contributed by atoms with Crippen molar-refractivity contribution in [2.24, 2.45) is 0 Å². The molecule has 1 aromatic carbocycles. The Hall–Kier alpha value is -3.03. The van der Waals surface area contributed by atoms with Crippen LogP contribution in [0.25, 0.3) is 16.7 Å². The lowest BCUT2D eigenvalue weighted by Crippen LogP contribution is -2.34. The van der Waals surface area contributed by atoms with Crippen LogP contribution in [0.15, 0.2) is 76.7 Å². The van der Waals surface area contributed by atoms with Gasteiger partial charge >= 0.3 is 0 Å². The number of aromatic nitrogens is 1. The van der Waals surface area contributed by atoms with E-state index in [1.807, 2.05) is 40.7 Å². The second kappa shape index (κ2) is 8.32. The molecule has 0 radical (unpaired) electrons. The van der Waals surface area contributed by atoms with E-state index in [1.165, 1.54) is 22.5 Å². The Kier molecular flexibility index (Phi) is 5.26. The summed E-state index contributed by atoms with van der Waals surface area (Å²) in [5, 5.41) is 1.73. The van der Waals surface area contributed by atoms with E-state index in [-0.39, 0.29) is 11.2 Å². The highest BCUT2D eigenvalue weighted by molar-refractivity contribution is 7.92. The maximum atomic E-state index is 12.7. The highest BCUT2D eigenvalue weighted by Crippen LogP contribution is 2.38. The number of rotatable bonds is 5.